The number of rotatable bonds is 34. The molecule has 0 spiro atoms. The van der Waals surface area contributed by atoms with Crippen molar-refractivity contribution in [2.45, 2.75) is 206 Å². The van der Waals surface area contributed by atoms with Crippen molar-refractivity contribution in [3.63, 3.8) is 0 Å². The van der Waals surface area contributed by atoms with E-state index in [1.807, 2.05) is 6.08 Å². The molecule has 2 atom stereocenters. The van der Waals surface area contributed by atoms with E-state index in [4.69, 9.17) is 0 Å². The van der Waals surface area contributed by atoms with Crippen LogP contribution in [0.25, 0.3) is 0 Å². The number of allylic oxidation sites excluding steroid dienone is 5. The van der Waals surface area contributed by atoms with Crippen LogP contribution in [0.5, 0.6) is 0 Å². The summed E-state index contributed by atoms with van der Waals surface area (Å²) >= 11 is 0. The maximum absolute atomic E-state index is 12.3. The average Bonchev–Trinajstić information content (AvgIpc) is 3.03. The summed E-state index contributed by atoms with van der Waals surface area (Å²) in [7, 11) is 0. The highest BCUT2D eigenvalue weighted by atomic mass is 16.3. The molecule has 0 aromatic rings. The van der Waals surface area contributed by atoms with Gasteiger partial charge in [-0.25, -0.2) is 0 Å². The molecule has 3 N–H and O–H groups in total. The molecule has 0 rings (SSSR count). The Kier molecular flexibility index (Phi) is 34.9. The van der Waals surface area contributed by atoms with Crippen molar-refractivity contribution < 1.29 is 15.0 Å². The summed E-state index contributed by atoms with van der Waals surface area (Å²) in [5.74, 6) is -0.0789. The van der Waals surface area contributed by atoms with Crippen LogP contribution in [-0.4, -0.2) is 34.9 Å². The minimum absolute atomic E-state index is 0.0789. The van der Waals surface area contributed by atoms with Crippen LogP contribution >= 0.6 is 0 Å². The maximum atomic E-state index is 12.3. The Morgan fingerprint density at radius 1 is 0.545 bits per heavy atom. The minimum Gasteiger partial charge on any atom is -0.394 e. The number of carbonyl (C=O) groups excluding carboxylic acids is 1. The summed E-state index contributed by atoms with van der Waals surface area (Å²) in [6, 6.07) is -0.627. The Balaban J connectivity index is 3.65. The molecule has 0 saturated heterocycles. The smallest absolute Gasteiger partial charge is 0.220 e. The lowest BCUT2D eigenvalue weighted by Gasteiger charge is -2.20. The first-order valence-electron chi connectivity index (χ1n) is 19.2. The molecule has 0 bridgehead atoms. The van der Waals surface area contributed by atoms with Gasteiger partial charge in [-0.3, -0.25) is 4.79 Å². The molecule has 0 aliphatic rings. The predicted molar refractivity (Wildman–Crippen MR) is 193 cm³/mol. The molecule has 1 amide bonds. The molecule has 0 heterocycles. The molecule has 0 aliphatic heterocycles. The Morgan fingerprint density at radius 2 is 0.932 bits per heavy atom. The van der Waals surface area contributed by atoms with E-state index < -0.39 is 12.1 Å². The van der Waals surface area contributed by atoms with Crippen molar-refractivity contribution in [3.8, 4) is 0 Å². The summed E-state index contributed by atoms with van der Waals surface area (Å²) in [6.07, 6.45) is 46.5. The number of hydrogen-bond donors (Lipinski definition) is 3. The van der Waals surface area contributed by atoms with Crippen LogP contribution in [0.2, 0.25) is 0 Å². The van der Waals surface area contributed by atoms with E-state index >= 15 is 0 Å². The first-order chi connectivity index (χ1) is 21.7. The molecule has 0 radical (unpaired) electrons. The normalized spacial score (nSPS) is 13.5. The van der Waals surface area contributed by atoms with Crippen LogP contribution in [0.4, 0.5) is 0 Å². The molecule has 0 aromatic carbocycles. The van der Waals surface area contributed by atoms with E-state index in [9.17, 15) is 15.0 Å². The summed E-state index contributed by atoms with van der Waals surface area (Å²) in [5.41, 5.74) is 0. The van der Waals surface area contributed by atoms with Crippen molar-refractivity contribution in [2.75, 3.05) is 6.61 Å². The Labute approximate surface area is 274 Å². The zero-order chi connectivity index (χ0) is 32.2. The van der Waals surface area contributed by atoms with Crippen molar-refractivity contribution in [3.05, 3.63) is 36.5 Å². The van der Waals surface area contributed by atoms with Gasteiger partial charge in [0.1, 0.15) is 0 Å². The second-order valence-corrected chi connectivity index (χ2v) is 13.0. The fourth-order valence-electron chi connectivity index (χ4n) is 5.62. The summed E-state index contributed by atoms with van der Waals surface area (Å²) in [4.78, 5) is 12.3. The quantitative estimate of drug-likeness (QED) is 0.0497. The summed E-state index contributed by atoms with van der Waals surface area (Å²) in [5, 5.41) is 22.9. The van der Waals surface area contributed by atoms with Gasteiger partial charge in [0, 0.05) is 6.42 Å². The monoisotopic (exact) mass is 618 g/mol. The van der Waals surface area contributed by atoms with E-state index in [0.29, 0.717) is 6.42 Å². The van der Waals surface area contributed by atoms with Crippen LogP contribution < -0.4 is 5.32 Å². The largest absolute Gasteiger partial charge is 0.394 e. The molecule has 4 heteroatoms. The van der Waals surface area contributed by atoms with Gasteiger partial charge in [0.25, 0.3) is 0 Å². The lowest BCUT2D eigenvalue weighted by Crippen LogP contribution is -2.45. The van der Waals surface area contributed by atoms with Crippen molar-refractivity contribution in [1.82, 2.24) is 5.32 Å². The van der Waals surface area contributed by atoms with Crippen molar-refractivity contribution >= 4 is 5.91 Å². The molecule has 0 fully saturated rings. The number of unbranched alkanes of at least 4 members (excludes halogenated alkanes) is 23. The number of carbonyl (C=O) groups is 1. The topological polar surface area (TPSA) is 69.6 Å². The summed E-state index contributed by atoms with van der Waals surface area (Å²) in [6.45, 7) is 4.28. The standard InChI is InChI=1S/C40H75NO3/c1-3-5-7-9-11-13-15-17-19-21-23-25-27-29-31-33-35-39(43)38(37-42)41-40(44)36-34-32-30-28-26-24-22-20-18-16-14-12-10-8-6-4-2/h14,16,20,22,33,35,38-39,42-43H,3-13,15,17-19,21,23-32,34,36-37H2,1-2H3,(H,41,44)/b16-14-,22-20-,35-33+. The lowest BCUT2D eigenvalue weighted by molar-refractivity contribution is -0.123. The second-order valence-electron chi connectivity index (χ2n) is 13.0. The van der Waals surface area contributed by atoms with Crippen LogP contribution in [0.15, 0.2) is 36.5 Å². The van der Waals surface area contributed by atoms with Gasteiger partial charge in [0.05, 0.1) is 18.8 Å². The Morgan fingerprint density at radius 3 is 1.39 bits per heavy atom. The highest BCUT2D eigenvalue weighted by molar-refractivity contribution is 5.76. The SMILES string of the molecule is CCCCCC/C=C\C/C=C\CCCCCCCC(=O)NC(CO)C(O)/C=C/CCCCCCCCCCCCCCCC. The zero-order valence-corrected chi connectivity index (χ0v) is 29.4. The molecular formula is C40H75NO3. The Bertz CT molecular complexity index is 672. The fraction of sp³-hybridized carbons (Fsp3) is 0.825. The molecule has 0 aliphatic carbocycles. The highest BCUT2D eigenvalue weighted by Gasteiger charge is 2.17. The van der Waals surface area contributed by atoms with E-state index in [-0.39, 0.29) is 12.5 Å². The summed E-state index contributed by atoms with van der Waals surface area (Å²) < 4.78 is 0. The van der Waals surface area contributed by atoms with Gasteiger partial charge in [-0.2, -0.15) is 0 Å². The lowest BCUT2D eigenvalue weighted by atomic mass is 10.0. The van der Waals surface area contributed by atoms with Crippen LogP contribution in [-0.2, 0) is 4.79 Å². The first kappa shape index (κ1) is 42.6. The molecule has 2 unspecified atom stereocenters. The van der Waals surface area contributed by atoms with Gasteiger partial charge >= 0.3 is 0 Å². The van der Waals surface area contributed by atoms with E-state index in [2.05, 4.69) is 43.5 Å². The van der Waals surface area contributed by atoms with Gasteiger partial charge in [-0.1, -0.05) is 172 Å². The van der Waals surface area contributed by atoms with Crippen molar-refractivity contribution in [2.24, 2.45) is 0 Å². The molecule has 0 saturated carbocycles. The molecule has 4 nitrogen and oxygen atoms in total. The van der Waals surface area contributed by atoms with E-state index in [1.54, 1.807) is 6.08 Å². The third-order valence-electron chi connectivity index (χ3n) is 8.62. The van der Waals surface area contributed by atoms with Crippen LogP contribution in [0.1, 0.15) is 194 Å². The first-order valence-corrected chi connectivity index (χ1v) is 19.2. The third-order valence-corrected chi connectivity index (χ3v) is 8.62. The van der Waals surface area contributed by atoms with Crippen LogP contribution in [0, 0.1) is 0 Å². The van der Waals surface area contributed by atoms with Gasteiger partial charge in [0.2, 0.25) is 5.91 Å². The van der Waals surface area contributed by atoms with Gasteiger partial charge in [-0.05, 0) is 51.4 Å². The minimum atomic E-state index is -0.843. The van der Waals surface area contributed by atoms with Crippen molar-refractivity contribution in [1.29, 1.82) is 0 Å². The van der Waals surface area contributed by atoms with Gasteiger partial charge < -0.3 is 15.5 Å². The van der Waals surface area contributed by atoms with Crippen LogP contribution in [0.3, 0.4) is 0 Å². The van der Waals surface area contributed by atoms with E-state index in [1.165, 1.54) is 128 Å². The predicted octanol–water partition coefficient (Wildman–Crippen LogP) is 11.5. The number of nitrogens with one attached hydrogen (secondary N) is 1. The molecule has 258 valence electrons. The highest BCUT2D eigenvalue weighted by Crippen LogP contribution is 2.14. The molecule has 44 heavy (non-hydrogen) atoms. The second kappa shape index (κ2) is 36.1. The number of aliphatic hydroxyl groups excluding tert-OH is 2. The number of amides is 1. The average molecular weight is 618 g/mol. The third kappa shape index (κ3) is 32.0. The number of hydrogen-bond acceptors (Lipinski definition) is 3. The fourth-order valence-corrected chi connectivity index (χ4v) is 5.62. The number of aliphatic hydroxyl groups is 2. The Hall–Kier alpha value is -1.39. The van der Waals surface area contributed by atoms with E-state index in [0.717, 1.165) is 44.9 Å². The molecular weight excluding hydrogens is 542 g/mol. The van der Waals surface area contributed by atoms with Gasteiger partial charge in [-0.15, -0.1) is 0 Å². The maximum Gasteiger partial charge on any atom is 0.220 e. The van der Waals surface area contributed by atoms with Gasteiger partial charge in [0.15, 0.2) is 0 Å². The molecule has 0 aromatic heterocycles. The zero-order valence-electron chi connectivity index (χ0n) is 29.4.